The van der Waals surface area contributed by atoms with Gasteiger partial charge in [0.2, 0.25) is 0 Å². The Labute approximate surface area is 234 Å². The summed E-state index contributed by atoms with van der Waals surface area (Å²) in [4.78, 5) is 24.9. The van der Waals surface area contributed by atoms with E-state index in [0.29, 0.717) is 10.2 Å². The molecule has 0 fully saturated rings. The van der Waals surface area contributed by atoms with Gasteiger partial charge in [-0.15, -0.1) is 0 Å². The monoisotopic (exact) mass is 546 g/mol. The molecule has 0 spiro atoms. The number of carbonyl (C=O) groups is 2. The average molecular weight is 547 g/mol. The van der Waals surface area contributed by atoms with E-state index < -0.39 is 0 Å². The Kier molecular flexibility index (Phi) is 21.8. The third kappa shape index (κ3) is 15.4. The van der Waals surface area contributed by atoms with Gasteiger partial charge in [-0.05, 0) is 58.8 Å². The molecule has 0 rings (SSSR count). The van der Waals surface area contributed by atoms with Gasteiger partial charge in [-0.25, -0.2) is 0 Å². The third-order valence-electron chi connectivity index (χ3n) is 8.02. The molecule has 0 aliphatic rings. The summed E-state index contributed by atoms with van der Waals surface area (Å²) in [7, 11) is 0. The van der Waals surface area contributed by atoms with Crippen LogP contribution in [0.2, 0.25) is 0 Å². The Morgan fingerprint density at radius 1 is 0.611 bits per heavy atom. The van der Waals surface area contributed by atoms with Crippen LogP contribution in [0.3, 0.4) is 0 Å². The molecule has 0 heterocycles. The summed E-state index contributed by atoms with van der Waals surface area (Å²) in [6.07, 6.45) is 11.1. The van der Waals surface area contributed by atoms with E-state index in [1.54, 1.807) is 23.5 Å². The molecule has 0 amide bonds. The van der Waals surface area contributed by atoms with Gasteiger partial charge in [0, 0.05) is 12.3 Å². The topological polar surface area (TPSA) is 34.1 Å². The molecule has 0 saturated carbocycles. The van der Waals surface area contributed by atoms with E-state index in [9.17, 15) is 9.59 Å². The highest BCUT2D eigenvalue weighted by Crippen LogP contribution is 2.21. The number of hydrogen-bond acceptors (Lipinski definition) is 4. The van der Waals surface area contributed by atoms with Crippen LogP contribution < -0.4 is 0 Å². The second-order valence-corrected chi connectivity index (χ2v) is 13.2. The predicted octanol–water partition coefficient (Wildman–Crippen LogP) is 7.80. The highest BCUT2D eigenvalue weighted by atomic mass is 32.2. The normalized spacial score (nSPS) is 15.9. The fourth-order valence-corrected chi connectivity index (χ4v) is 7.38. The van der Waals surface area contributed by atoms with Crippen LogP contribution in [-0.2, 0) is 9.59 Å². The molecule has 0 N–H and O–H groups in total. The number of hydrogen-bond donors (Lipinski definition) is 0. The molecular formula is C30H62N2O2S2+2. The minimum atomic E-state index is 0.154. The van der Waals surface area contributed by atoms with E-state index in [1.165, 1.54) is 69.3 Å². The van der Waals surface area contributed by atoms with Crippen molar-refractivity contribution in [2.45, 2.75) is 113 Å². The first kappa shape index (κ1) is 36.0. The number of nitrogens with zero attached hydrogens (tertiary/aromatic N) is 2. The Bertz CT molecular complexity index is 575. The molecule has 0 aromatic heterocycles. The molecule has 0 aliphatic carbocycles. The minimum absolute atomic E-state index is 0.154. The van der Waals surface area contributed by atoms with Gasteiger partial charge in [-0.3, -0.25) is 9.59 Å². The smallest absolute Gasteiger partial charge is 0.191 e. The van der Waals surface area contributed by atoms with Gasteiger partial charge in [0.25, 0.3) is 0 Å². The molecule has 3 unspecified atom stereocenters. The van der Waals surface area contributed by atoms with Crippen LogP contribution in [-0.4, -0.2) is 83.1 Å². The Hall–Kier alpha value is -0.0400. The van der Waals surface area contributed by atoms with Crippen LogP contribution in [0.5, 0.6) is 0 Å². The lowest BCUT2D eigenvalue weighted by molar-refractivity contribution is -0.924. The molecule has 36 heavy (non-hydrogen) atoms. The minimum Gasteiger partial charge on any atom is -0.323 e. The number of thioether (sulfide) groups is 2. The standard InChI is InChI=1S/C30H62N2O2S2/c1-8-14-19-29(33)35-26-24-32(13-6,21-11-4)23-17-16-18-28(7)30(34)36-27-25-31(12-5,20-10-3)22-15-9-2/h28H,8-27H2,1-7H3/q+2. The highest BCUT2D eigenvalue weighted by Gasteiger charge is 2.26. The Morgan fingerprint density at radius 3 is 1.64 bits per heavy atom. The lowest BCUT2D eigenvalue weighted by Crippen LogP contribution is -2.50. The summed E-state index contributed by atoms with van der Waals surface area (Å²) in [5.74, 6) is 2.05. The van der Waals surface area contributed by atoms with Gasteiger partial charge in [0.15, 0.2) is 10.2 Å². The number of rotatable bonds is 24. The first-order valence-electron chi connectivity index (χ1n) is 15.3. The van der Waals surface area contributed by atoms with E-state index in [-0.39, 0.29) is 5.92 Å². The molecule has 3 atom stereocenters. The zero-order valence-electron chi connectivity index (χ0n) is 25.2. The molecule has 214 valence electrons. The Morgan fingerprint density at radius 2 is 1.14 bits per heavy atom. The summed E-state index contributed by atoms with van der Waals surface area (Å²) in [6.45, 7) is 25.1. The molecule has 0 aromatic rings. The second-order valence-electron chi connectivity index (χ2n) is 10.9. The van der Waals surface area contributed by atoms with Gasteiger partial charge in [-0.2, -0.15) is 0 Å². The summed E-state index contributed by atoms with van der Waals surface area (Å²) in [5, 5.41) is 0.755. The molecule has 0 radical (unpaired) electrons. The van der Waals surface area contributed by atoms with Crippen LogP contribution >= 0.6 is 23.5 Å². The molecule has 0 bridgehead atoms. The maximum Gasteiger partial charge on any atom is 0.191 e. The van der Waals surface area contributed by atoms with Crippen molar-refractivity contribution in [1.29, 1.82) is 0 Å². The fourth-order valence-electron chi connectivity index (χ4n) is 5.31. The highest BCUT2D eigenvalue weighted by molar-refractivity contribution is 8.13. The van der Waals surface area contributed by atoms with Crippen LogP contribution in [0.1, 0.15) is 113 Å². The van der Waals surface area contributed by atoms with Gasteiger partial charge < -0.3 is 8.97 Å². The fraction of sp³-hybridized carbons (Fsp3) is 0.933. The van der Waals surface area contributed by atoms with Gasteiger partial charge in [-0.1, -0.05) is 71.0 Å². The van der Waals surface area contributed by atoms with Crippen LogP contribution in [0.4, 0.5) is 0 Å². The van der Waals surface area contributed by atoms with Crippen LogP contribution in [0.25, 0.3) is 0 Å². The van der Waals surface area contributed by atoms with Crippen molar-refractivity contribution in [3.05, 3.63) is 0 Å². The van der Waals surface area contributed by atoms with Gasteiger partial charge in [0.05, 0.1) is 63.9 Å². The van der Waals surface area contributed by atoms with Crippen molar-refractivity contribution in [1.82, 2.24) is 0 Å². The first-order chi connectivity index (χ1) is 17.3. The largest absolute Gasteiger partial charge is 0.323 e. The number of quaternary nitrogens is 2. The molecule has 4 nitrogen and oxygen atoms in total. The van der Waals surface area contributed by atoms with Crippen LogP contribution in [0.15, 0.2) is 0 Å². The second kappa shape index (κ2) is 21.8. The van der Waals surface area contributed by atoms with Crippen molar-refractivity contribution in [3.63, 3.8) is 0 Å². The van der Waals surface area contributed by atoms with E-state index in [1.807, 2.05) is 0 Å². The number of carbonyl (C=O) groups excluding carboxylic acids is 2. The van der Waals surface area contributed by atoms with Crippen molar-refractivity contribution in [2.75, 3.05) is 63.9 Å². The maximum absolute atomic E-state index is 12.8. The summed E-state index contributed by atoms with van der Waals surface area (Å²) in [6, 6.07) is 0. The van der Waals surface area contributed by atoms with Crippen molar-refractivity contribution in [3.8, 4) is 0 Å². The lowest BCUT2D eigenvalue weighted by Gasteiger charge is -2.38. The lowest BCUT2D eigenvalue weighted by atomic mass is 10.0. The van der Waals surface area contributed by atoms with Gasteiger partial charge >= 0.3 is 0 Å². The first-order valence-corrected chi connectivity index (χ1v) is 17.3. The van der Waals surface area contributed by atoms with Crippen molar-refractivity contribution >= 4 is 33.8 Å². The SMILES string of the molecule is CCCCC(=O)SCC[N+](CC)(CCC)CCCCC(C)C(=O)SCC[N+](CC)(CCC)CCCC. The zero-order chi connectivity index (χ0) is 27.3. The summed E-state index contributed by atoms with van der Waals surface area (Å²) < 4.78 is 2.30. The van der Waals surface area contributed by atoms with E-state index >= 15 is 0 Å². The summed E-state index contributed by atoms with van der Waals surface area (Å²) >= 11 is 3.14. The maximum atomic E-state index is 12.8. The Balaban J connectivity index is 4.51. The quantitative estimate of drug-likeness (QED) is 0.0914. The van der Waals surface area contributed by atoms with Crippen molar-refractivity contribution in [2.24, 2.45) is 5.92 Å². The molecular weight excluding hydrogens is 484 g/mol. The van der Waals surface area contributed by atoms with E-state index in [2.05, 4.69) is 48.5 Å². The summed E-state index contributed by atoms with van der Waals surface area (Å²) in [5.41, 5.74) is 0. The predicted molar refractivity (Wildman–Crippen MR) is 164 cm³/mol. The van der Waals surface area contributed by atoms with Crippen molar-refractivity contribution < 1.29 is 18.6 Å². The molecule has 0 aliphatic heterocycles. The molecule has 0 saturated heterocycles. The third-order valence-corrected chi connectivity index (χ3v) is 10.0. The zero-order valence-corrected chi connectivity index (χ0v) is 26.9. The molecule has 0 aromatic carbocycles. The van der Waals surface area contributed by atoms with E-state index in [4.69, 9.17) is 0 Å². The van der Waals surface area contributed by atoms with E-state index in [0.717, 1.165) is 67.7 Å². The average Bonchev–Trinajstić information content (AvgIpc) is 2.88. The van der Waals surface area contributed by atoms with Crippen LogP contribution in [0, 0.1) is 5.92 Å². The number of unbranched alkanes of at least 4 members (excludes halogenated alkanes) is 3. The van der Waals surface area contributed by atoms with Gasteiger partial charge in [0.1, 0.15) is 0 Å². The molecule has 6 heteroatoms.